The molecule has 2 aromatic carbocycles. The van der Waals surface area contributed by atoms with Gasteiger partial charge in [0.2, 0.25) is 0 Å². The molecular formula is C18H10Cl4N2O4. The summed E-state index contributed by atoms with van der Waals surface area (Å²) in [5.74, 6) is -1.93. The van der Waals surface area contributed by atoms with Gasteiger partial charge >= 0.3 is 5.97 Å². The predicted molar refractivity (Wildman–Crippen MR) is 108 cm³/mol. The molecule has 0 saturated carbocycles. The summed E-state index contributed by atoms with van der Waals surface area (Å²) in [6.45, 7) is -0.624. The number of rotatable bonds is 6. The van der Waals surface area contributed by atoms with Crippen LogP contribution >= 0.6 is 46.4 Å². The van der Waals surface area contributed by atoms with Crippen molar-refractivity contribution in [1.29, 1.82) is 5.26 Å². The summed E-state index contributed by atoms with van der Waals surface area (Å²) in [7, 11) is 0. The molecule has 0 heterocycles. The van der Waals surface area contributed by atoms with Crippen molar-refractivity contribution in [2.45, 2.75) is 0 Å². The number of nitriles is 1. The molecule has 0 aliphatic rings. The summed E-state index contributed by atoms with van der Waals surface area (Å²) < 4.78 is 5.01. The molecule has 0 atom stereocenters. The molecular weight excluding hydrogens is 450 g/mol. The SMILES string of the molecule is N#C/C(=C/c1cc(Cl)c(OCC(=O)O)c(Cl)c1)C(=O)Nc1cccc(Cl)c1Cl. The van der Waals surface area contributed by atoms with Crippen LogP contribution < -0.4 is 10.1 Å². The van der Waals surface area contributed by atoms with Crippen LogP contribution in [0.2, 0.25) is 20.1 Å². The fourth-order valence-electron chi connectivity index (χ4n) is 2.04. The van der Waals surface area contributed by atoms with Gasteiger partial charge in [0.1, 0.15) is 11.6 Å². The molecule has 10 heteroatoms. The Morgan fingerprint density at radius 2 is 1.79 bits per heavy atom. The van der Waals surface area contributed by atoms with Crippen molar-refractivity contribution in [2.24, 2.45) is 0 Å². The lowest BCUT2D eigenvalue weighted by Crippen LogP contribution is -2.13. The first-order valence-electron chi connectivity index (χ1n) is 7.43. The van der Waals surface area contributed by atoms with Crippen molar-refractivity contribution in [3.8, 4) is 11.8 Å². The van der Waals surface area contributed by atoms with Crippen molar-refractivity contribution >= 4 is 70.0 Å². The Labute approximate surface area is 179 Å². The van der Waals surface area contributed by atoms with Crippen LogP contribution in [-0.2, 0) is 9.59 Å². The van der Waals surface area contributed by atoms with Gasteiger partial charge in [0.25, 0.3) is 5.91 Å². The monoisotopic (exact) mass is 458 g/mol. The van der Waals surface area contributed by atoms with E-state index in [1.165, 1.54) is 24.3 Å². The number of hydrogen-bond acceptors (Lipinski definition) is 4. The quantitative estimate of drug-likeness (QED) is 0.450. The topological polar surface area (TPSA) is 99.4 Å². The number of benzene rings is 2. The van der Waals surface area contributed by atoms with Crippen LogP contribution in [0.15, 0.2) is 35.9 Å². The van der Waals surface area contributed by atoms with Gasteiger partial charge in [-0.1, -0.05) is 52.5 Å². The van der Waals surface area contributed by atoms with Crippen molar-refractivity contribution in [3.63, 3.8) is 0 Å². The number of carboxylic acid groups (broad SMARTS) is 1. The van der Waals surface area contributed by atoms with Gasteiger partial charge in [-0.05, 0) is 35.9 Å². The maximum Gasteiger partial charge on any atom is 0.341 e. The molecule has 1 amide bonds. The normalized spacial score (nSPS) is 10.9. The molecule has 0 saturated heterocycles. The van der Waals surface area contributed by atoms with Crippen LogP contribution in [0.3, 0.4) is 0 Å². The van der Waals surface area contributed by atoms with E-state index in [4.69, 9.17) is 56.2 Å². The van der Waals surface area contributed by atoms with Gasteiger partial charge in [-0.15, -0.1) is 0 Å². The van der Waals surface area contributed by atoms with E-state index in [-0.39, 0.29) is 37.1 Å². The maximum absolute atomic E-state index is 12.4. The zero-order valence-corrected chi connectivity index (χ0v) is 16.8. The number of ether oxygens (including phenoxy) is 1. The molecule has 2 rings (SSSR count). The fraction of sp³-hybridized carbons (Fsp3) is 0.0556. The zero-order valence-electron chi connectivity index (χ0n) is 13.8. The van der Waals surface area contributed by atoms with Gasteiger partial charge in [-0.25, -0.2) is 4.79 Å². The van der Waals surface area contributed by atoms with Gasteiger partial charge in [-0.2, -0.15) is 5.26 Å². The number of anilines is 1. The number of carboxylic acids is 1. The molecule has 0 spiro atoms. The van der Waals surface area contributed by atoms with E-state index in [1.54, 1.807) is 18.2 Å². The zero-order chi connectivity index (χ0) is 20.8. The highest BCUT2D eigenvalue weighted by molar-refractivity contribution is 6.44. The molecule has 0 fully saturated rings. The molecule has 6 nitrogen and oxygen atoms in total. The molecule has 2 N–H and O–H groups in total. The number of carbonyl (C=O) groups is 2. The Hall–Kier alpha value is -2.43. The van der Waals surface area contributed by atoms with Gasteiger partial charge in [0, 0.05) is 0 Å². The third-order valence-corrected chi connectivity index (χ3v) is 4.62. The number of halogens is 4. The number of hydrogen-bond donors (Lipinski definition) is 2. The minimum absolute atomic E-state index is 0.0171. The number of aliphatic carboxylic acids is 1. The maximum atomic E-state index is 12.4. The molecule has 0 aliphatic carbocycles. The van der Waals surface area contributed by atoms with Crippen LogP contribution in [0.4, 0.5) is 5.69 Å². The molecule has 0 aromatic heterocycles. The lowest BCUT2D eigenvalue weighted by Gasteiger charge is -2.10. The van der Waals surface area contributed by atoms with Crippen molar-refractivity contribution in [1.82, 2.24) is 0 Å². The molecule has 0 aliphatic heterocycles. The van der Waals surface area contributed by atoms with Crippen molar-refractivity contribution < 1.29 is 19.4 Å². The third-order valence-electron chi connectivity index (χ3n) is 3.24. The van der Waals surface area contributed by atoms with Crippen LogP contribution in [-0.4, -0.2) is 23.6 Å². The summed E-state index contributed by atoms with van der Waals surface area (Å²) in [6.07, 6.45) is 1.26. The van der Waals surface area contributed by atoms with Gasteiger partial charge in [-0.3, -0.25) is 4.79 Å². The van der Waals surface area contributed by atoms with Crippen LogP contribution in [0.5, 0.6) is 5.75 Å². The Morgan fingerprint density at radius 1 is 1.14 bits per heavy atom. The molecule has 2 aromatic rings. The number of nitrogens with one attached hydrogen (secondary N) is 1. The molecule has 0 bridgehead atoms. The van der Waals surface area contributed by atoms with Crippen molar-refractivity contribution in [3.05, 3.63) is 61.6 Å². The summed E-state index contributed by atoms with van der Waals surface area (Å²) in [5.41, 5.74) is 0.331. The van der Waals surface area contributed by atoms with E-state index in [1.807, 2.05) is 0 Å². The number of nitrogens with zero attached hydrogens (tertiary/aromatic N) is 1. The first kappa shape index (κ1) is 21.9. The van der Waals surface area contributed by atoms with Gasteiger partial charge in [0.15, 0.2) is 12.4 Å². The van der Waals surface area contributed by atoms with Crippen molar-refractivity contribution in [2.75, 3.05) is 11.9 Å². The van der Waals surface area contributed by atoms with Gasteiger partial charge in [0.05, 0.1) is 25.8 Å². The Bertz CT molecular complexity index is 992. The highest BCUT2D eigenvalue weighted by Crippen LogP contribution is 2.35. The molecule has 28 heavy (non-hydrogen) atoms. The molecule has 0 unspecified atom stereocenters. The second kappa shape index (κ2) is 9.67. The minimum atomic E-state index is -1.20. The largest absolute Gasteiger partial charge is 0.479 e. The Balaban J connectivity index is 2.28. The van der Waals surface area contributed by atoms with Crippen LogP contribution in [0, 0.1) is 11.3 Å². The van der Waals surface area contributed by atoms with E-state index in [0.29, 0.717) is 5.56 Å². The first-order chi connectivity index (χ1) is 13.2. The van der Waals surface area contributed by atoms with E-state index < -0.39 is 18.5 Å². The molecule has 144 valence electrons. The second-order valence-corrected chi connectivity index (χ2v) is 6.82. The van der Waals surface area contributed by atoms with E-state index >= 15 is 0 Å². The summed E-state index contributed by atoms with van der Waals surface area (Å²) >= 11 is 24.0. The lowest BCUT2D eigenvalue weighted by atomic mass is 10.1. The second-order valence-electron chi connectivity index (χ2n) is 5.22. The smallest absolute Gasteiger partial charge is 0.341 e. The fourth-order valence-corrected chi connectivity index (χ4v) is 3.00. The van der Waals surface area contributed by atoms with Crippen LogP contribution in [0.25, 0.3) is 6.08 Å². The van der Waals surface area contributed by atoms with E-state index in [0.717, 1.165) is 0 Å². The van der Waals surface area contributed by atoms with Crippen LogP contribution in [0.1, 0.15) is 5.56 Å². The predicted octanol–water partition coefficient (Wildman–Crippen LogP) is 5.31. The first-order valence-corrected chi connectivity index (χ1v) is 8.95. The lowest BCUT2D eigenvalue weighted by molar-refractivity contribution is -0.139. The molecule has 0 radical (unpaired) electrons. The van der Waals surface area contributed by atoms with E-state index in [2.05, 4.69) is 5.32 Å². The summed E-state index contributed by atoms with van der Waals surface area (Å²) in [5, 5.41) is 20.9. The standard InChI is InChI=1S/C18H10Cl4N2O4/c19-11-2-1-3-14(16(11)22)24-18(27)10(7-23)4-9-5-12(20)17(13(21)6-9)28-8-15(25)26/h1-6H,8H2,(H,24,27)(H,25,26)/b10-4-. The van der Waals surface area contributed by atoms with Gasteiger partial charge < -0.3 is 15.2 Å². The summed E-state index contributed by atoms with van der Waals surface area (Å²) in [4.78, 5) is 23.0. The third kappa shape index (κ3) is 5.54. The number of amides is 1. The number of carbonyl (C=O) groups excluding carboxylic acids is 1. The minimum Gasteiger partial charge on any atom is -0.479 e. The average molecular weight is 460 g/mol. The Kier molecular flexibility index (Phi) is 7.55. The highest BCUT2D eigenvalue weighted by atomic mass is 35.5. The van der Waals surface area contributed by atoms with E-state index in [9.17, 15) is 14.9 Å². The average Bonchev–Trinajstić information content (AvgIpc) is 2.62. The summed E-state index contributed by atoms with van der Waals surface area (Å²) in [6, 6.07) is 9.21. The highest BCUT2D eigenvalue weighted by Gasteiger charge is 2.15. The Morgan fingerprint density at radius 3 is 2.36 bits per heavy atom.